The van der Waals surface area contributed by atoms with E-state index >= 15 is 0 Å². The number of nitrogens with one attached hydrogen (secondary N) is 2. The number of hydrogen-bond donors (Lipinski definition) is 2. The Morgan fingerprint density at radius 2 is 2.05 bits per heavy atom. The fourth-order valence-corrected chi connectivity index (χ4v) is 2.70. The number of aryl methyl sites for hydroxylation is 1. The predicted octanol–water partition coefficient (Wildman–Crippen LogP) is 3.67. The molecule has 0 atom stereocenters. The van der Waals surface area contributed by atoms with E-state index in [4.69, 9.17) is 0 Å². The van der Waals surface area contributed by atoms with Crippen LogP contribution in [0.1, 0.15) is 5.56 Å². The smallest absolute Gasteiger partial charge is 0.203 e. The average Bonchev–Trinajstić information content (AvgIpc) is 3.10. The second-order valence-corrected chi connectivity index (χ2v) is 5.24. The summed E-state index contributed by atoms with van der Waals surface area (Å²) in [5, 5.41) is 4.65. The Labute approximate surface area is 122 Å². The van der Waals surface area contributed by atoms with Gasteiger partial charge in [-0.2, -0.15) is 0 Å². The van der Waals surface area contributed by atoms with Crippen molar-refractivity contribution < 1.29 is 0 Å². The Morgan fingerprint density at radius 1 is 1.14 bits per heavy atom. The molecule has 2 heterocycles. The van der Waals surface area contributed by atoms with E-state index in [1.807, 2.05) is 31.4 Å². The lowest BCUT2D eigenvalue weighted by Crippen LogP contribution is -2.04. The number of anilines is 1. The van der Waals surface area contributed by atoms with Crippen LogP contribution < -0.4 is 5.32 Å². The molecule has 2 N–H and O–H groups in total. The van der Waals surface area contributed by atoms with E-state index in [9.17, 15) is 0 Å². The van der Waals surface area contributed by atoms with E-state index in [2.05, 4.69) is 50.2 Å². The summed E-state index contributed by atoms with van der Waals surface area (Å²) in [6, 6.07) is 16.7. The van der Waals surface area contributed by atoms with E-state index in [0.29, 0.717) is 0 Å². The van der Waals surface area contributed by atoms with Crippen LogP contribution in [0.2, 0.25) is 0 Å². The van der Waals surface area contributed by atoms with E-state index in [0.717, 1.165) is 23.5 Å². The third-order valence-electron chi connectivity index (χ3n) is 3.86. The first kappa shape index (κ1) is 12.0. The van der Waals surface area contributed by atoms with Gasteiger partial charge in [0.25, 0.3) is 0 Å². The van der Waals surface area contributed by atoms with Crippen molar-refractivity contribution in [2.75, 3.05) is 5.32 Å². The molecule has 2 aromatic heterocycles. The zero-order valence-electron chi connectivity index (χ0n) is 11.8. The Hall–Kier alpha value is -2.75. The molecule has 0 aliphatic carbocycles. The van der Waals surface area contributed by atoms with Crippen molar-refractivity contribution >= 4 is 27.9 Å². The molecule has 21 heavy (non-hydrogen) atoms. The van der Waals surface area contributed by atoms with Crippen molar-refractivity contribution in [1.29, 1.82) is 0 Å². The topological polar surface area (TPSA) is 45.6 Å². The maximum Gasteiger partial charge on any atom is 0.203 e. The van der Waals surface area contributed by atoms with Gasteiger partial charge in [-0.05, 0) is 41.3 Å². The first-order valence-electron chi connectivity index (χ1n) is 7.02. The lowest BCUT2D eigenvalue weighted by atomic mass is 10.1. The molecule has 0 radical (unpaired) electrons. The highest BCUT2D eigenvalue weighted by Crippen LogP contribution is 2.19. The van der Waals surface area contributed by atoms with Crippen molar-refractivity contribution in [1.82, 2.24) is 14.5 Å². The Morgan fingerprint density at radius 3 is 2.95 bits per heavy atom. The molecule has 0 saturated carbocycles. The molecule has 4 nitrogen and oxygen atoms in total. The van der Waals surface area contributed by atoms with Gasteiger partial charge in [-0.15, -0.1) is 0 Å². The van der Waals surface area contributed by atoms with Gasteiger partial charge in [-0.1, -0.05) is 18.2 Å². The molecule has 0 bridgehead atoms. The van der Waals surface area contributed by atoms with Crippen LogP contribution >= 0.6 is 0 Å². The highest BCUT2D eigenvalue weighted by atomic mass is 15.2. The molecule has 104 valence electrons. The van der Waals surface area contributed by atoms with Crippen molar-refractivity contribution in [3.05, 3.63) is 60.3 Å². The van der Waals surface area contributed by atoms with Crippen molar-refractivity contribution in [3.8, 4) is 0 Å². The maximum atomic E-state index is 4.63. The lowest BCUT2D eigenvalue weighted by molar-refractivity contribution is 0.928. The minimum atomic E-state index is 0.762. The summed E-state index contributed by atoms with van der Waals surface area (Å²) in [6.07, 6.45) is 1.97. The molecule has 2 aromatic carbocycles. The van der Waals surface area contributed by atoms with E-state index < -0.39 is 0 Å². The molecule has 4 rings (SSSR count). The quantitative estimate of drug-likeness (QED) is 0.599. The SMILES string of the molecule is Cn1c(NCc2ccc3[nH]ccc3c2)nc2ccccc21. The van der Waals surface area contributed by atoms with Crippen molar-refractivity contribution in [2.24, 2.45) is 7.05 Å². The highest BCUT2D eigenvalue weighted by Gasteiger charge is 2.06. The molecule has 0 amide bonds. The van der Waals surface area contributed by atoms with Crippen LogP contribution in [0.5, 0.6) is 0 Å². The number of fused-ring (bicyclic) bond motifs is 2. The van der Waals surface area contributed by atoms with Gasteiger partial charge in [0.15, 0.2) is 0 Å². The van der Waals surface area contributed by atoms with Gasteiger partial charge in [-0.3, -0.25) is 0 Å². The number of para-hydroxylation sites is 2. The molecule has 0 spiro atoms. The highest BCUT2D eigenvalue weighted by molar-refractivity contribution is 5.80. The van der Waals surface area contributed by atoms with Crippen molar-refractivity contribution in [3.63, 3.8) is 0 Å². The number of aromatic nitrogens is 3. The van der Waals surface area contributed by atoms with Crippen molar-refractivity contribution in [2.45, 2.75) is 6.54 Å². The minimum Gasteiger partial charge on any atom is -0.361 e. The number of imidazole rings is 1. The molecular weight excluding hydrogens is 260 g/mol. The molecule has 0 aliphatic heterocycles. The van der Waals surface area contributed by atoms with Gasteiger partial charge < -0.3 is 14.9 Å². The summed E-state index contributed by atoms with van der Waals surface area (Å²) in [5.74, 6) is 0.894. The second-order valence-electron chi connectivity index (χ2n) is 5.24. The number of H-pyrrole nitrogens is 1. The van der Waals surface area contributed by atoms with Crippen LogP contribution in [0.15, 0.2) is 54.7 Å². The number of hydrogen-bond acceptors (Lipinski definition) is 2. The second kappa shape index (κ2) is 4.66. The van der Waals surface area contributed by atoms with Crippen LogP contribution in [0.25, 0.3) is 21.9 Å². The summed E-state index contributed by atoms with van der Waals surface area (Å²) < 4.78 is 2.09. The molecule has 0 saturated heterocycles. The fraction of sp³-hybridized carbons (Fsp3) is 0.118. The van der Waals surface area contributed by atoms with E-state index in [-0.39, 0.29) is 0 Å². The molecule has 0 unspecified atom stereocenters. The molecule has 4 aromatic rings. The van der Waals surface area contributed by atoms with Gasteiger partial charge in [0.1, 0.15) is 0 Å². The van der Waals surface area contributed by atoms with Gasteiger partial charge in [0.2, 0.25) is 5.95 Å². The molecule has 0 aliphatic rings. The van der Waals surface area contributed by atoms with Crippen LogP contribution in [-0.2, 0) is 13.6 Å². The third kappa shape index (κ3) is 2.05. The van der Waals surface area contributed by atoms with E-state index in [1.54, 1.807) is 0 Å². The molecular formula is C17H16N4. The Kier molecular flexibility index (Phi) is 2.67. The zero-order chi connectivity index (χ0) is 14.2. The average molecular weight is 276 g/mol. The van der Waals surface area contributed by atoms with Gasteiger partial charge >= 0.3 is 0 Å². The van der Waals surface area contributed by atoms with E-state index in [1.165, 1.54) is 16.5 Å². The standard InChI is InChI=1S/C17H16N4/c1-21-16-5-3-2-4-15(16)20-17(21)19-11-12-6-7-14-13(10-12)8-9-18-14/h2-10,18H,11H2,1H3,(H,19,20). The third-order valence-corrected chi connectivity index (χ3v) is 3.86. The zero-order valence-corrected chi connectivity index (χ0v) is 11.8. The summed E-state index contributed by atoms with van der Waals surface area (Å²) in [7, 11) is 2.03. The summed E-state index contributed by atoms with van der Waals surface area (Å²) in [4.78, 5) is 7.84. The maximum absolute atomic E-state index is 4.63. The molecule has 0 fully saturated rings. The van der Waals surface area contributed by atoms with Crippen LogP contribution in [-0.4, -0.2) is 14.5 Å². The van der Waals surface area contributed by atoms with Crippen LogP contribution in [0.3, 0.4) is 0 Å². The number of rotatable bonds is 3. The monoisotopic (exact) mass is 276 g/mol. The number of aromatic amines is 1. The largest absolute Gasteiger partial charge is 0.361 e. The normalized spacial score (nSPS) is 11.3. The first-order chi connectivity index (χ1) is 10.3. The summed E-state index contributed by atoms with van der Waals surface area (Å²) in [6.45, 7) is 0.762. The van der Waals surface area contributed by atoms with Gasteiger partial charge in [0, 0.05) is 25.3 Å². The first-order valence-corrected chi connectivity index (χ1v) is 7.02. The summed E-state index contributed by atoms with van der Waals surface area (Å²) in [5.41, 5.74) is 4.57. The Bertz CT molecular complexity index is 917. The molecule has 4 heteroatoms. The van der Waals surface area contributed by atoms with Crippen LogP contribution in [0.4, 0.5) is 5.95 Å². The van der Waals surface area contributed by atoms with Crippen LogP contribution in [0, 0.1) is 0 Å². The van der Waals surface area contributed by atoms with Gasteiger partial charge in [-0.25, -0.2) is 4.98 Å². The predicted molar refractivity (Wildman–Crippen MR) is 86.3 cm³/mol. The lowest BCUT2D eigenvalue weighted by Gasteiger charge is -2.06. The minimum absolute atomic E-state index is 0.762. The fourth-order valence-electron chi connectivity index (χ4n) is 2.70. The van der Waals surface area contributed by atoms with Gasteiger partial charge in [0.05, 0.1) is 11.0 Å². The number of benzene rings is 2. The Balaban J connectivity index is 1.61. The summed E-state index contributed by atoms with van der Waals surface area (Å²) >= 11 is 0. The number of nitrogens with zero attached hydrogens (tertiary/aromatic N) is 2.